The smallest absolute Gasteiger partial charge is 0.211 e. The number of nitrogens with zero attached hydrogens (tertiary/aromatic N) is 1. The van der Waals surface area contributed by atoms with E-state index in [4.69, 9.17) is 0 Å². The second-order valence-electron chi connectivity index (χ2n) is 4.38. The highest BCUT2D eigenvalue weighted by molar-refractivity contribution is 9.10. The molecule has 1 atom stereocenters. The Hall–Kier alpha value is -1.56. The van der Waals surface area contributed by atoms with Crippen molar-refractivity contribution in [2.75, 3.05) is 6.54 Å². The molecule has 1 aromatic rings. The molecule has 1 aromatic carbocycles. The highest BCUT2D eigenvalue weighted by atomic mass is 79.9. The van der Waals surface area contributed by atoms with Gasteiger partial charge in [0.1, 0.15) is 11.6 Å². The molecule has 0 spiro atoms. The van der Waals surface area contributed by atoms with Crippen LogP contribution in [0.4, 0.5) is 0 Å². The Morgan fingerprint density at radius 2 is 1.89 bits per heavy atom. The molecule has 0 radical (unpaired) electrons. The average Bonchev–Trinajstić information content (AvgIpc) is 2.26. The van der Waals surface area contributed by atoms with Crippen LogP contribution in [0, 0.1) is 16.0 Å². The Morgan fingerprint density at radius 3 is 2.32 bits per heavy atom. The van der Waals surface area contributed by atoms with Gasteiger partial charge >= 0.3 is 0 Å². The molecule has 0 amide bonds. The SMILES string of the molecule is CC(=O)C(C(C)=O)[C@@H](C[N+](=O)[O-])c1cccc(Br)c1. The summed E-state index contributed by atoms with van der Waals surface area (Å²) in [6, 6.07) is 6.90. The van der Waals surface area contributed by atoms with Crippen LogP contribution < -0.4 is 0 Å². The van der Waals surface area contributed by atoms with Crippen LogP contribution >= 0.6 is 15.9 Å². The second kappa shape index (κ2) is 6.56. The monoisotopic (exact) mass is 327 g/mol. The molecule has 0 aliphatic heterocycles. The zero-order valence-electron chi connectivity index (χ0n) is 10.6. The van der Waals surface area contributed by atoms with Gasteiger partial charge in [-0.3, -0.25) is 19.7 Å². The molecule has 0 aromatic heterocycles. The number of ketones is 2. The summed E-state index contributed by atoms with van der Waals surface area (Å²) >= 11 is 3.28. The van der Waals surface area contributed by atoms with E-state index in [0.717, 1.165) is 4.47 Å². The van der Waals surface area contributed by atoms with Crippen LogP contribution in [-0.2, 0) is 9.59 Å². The fourth-order valence-corrected chi connectivity index (χ4v) is 2.57. The van der Waals surface area contributed by atoms with Crippen molar-refractivity contribution in [2.24, 2.45) is 5.92 Å². The number of halogens is 1. The van der Waals surface area contributed by atoms with Gasteiger partial charge in [0.2, 0.25) is 6.54 Å². The minimum atomic E-state index is -0.972. The predicted octanol–water partition coefficient (Wildman–Crippen LogP) is 2.60. The van der Waals surface area contributed by atoms with Gasteiger partial charge in [0.25, 0.3) is 0 Å². The summed E-state index contributed by atoms with van der Waals surface area (Å²) in [4.78, 5) is 33.5. The van der Waals surface area contributed by atoms with Crippen molar-refractivity contribution in [3.63, 3.8) is 0 Å². The van der Waals surface area contributed by atoms with E-state index < -0.39 is 23.3 Å². The van der Waals surface area contributed by atoms with E-state index in [1.807, 2.05) is 0 Å². The summed E-state index contributed by atoms with van der Waals surface area (Å²) in [5, 5.41) is 10.8. The molecule has 0 saturated heterocycles. The van der Waals surface area contributed by atoms with Crippen LogP contribution in [0.15, 0.2) is 28.7 Å². The number of hydrogen-bond donors (Lipinski definition) is 0. The van der Waals surface area contributed by atoms with Gasteiger partial charge < -0.3 is 0 Å². The van der Waals surface area contributed by atoms with Gasteiger partial charge in [0.05, 0.1) is 11.8 Å². The molecule has 102 valence electrons. The Kier molecular flexibility index (Phi) is 5.35. The second-order valence-corrected chi connectivity index (χ2v) is 5.29. The summed E-state index contributed by atoms with van der Waals surface area (Å²) in [5.74, 6) is -2.40. The maximum atomic E-state index is 11.6. The summed E-state index contributed by atoms with van der Waals surface area (Å²) in [6.45, 7) is 2.13. The number of hydrogen-bond acceptors (Lipinski definition) is 4. The quantitative estimate of drug-likeness (QED) is 0.457. The van der Waals surface area contributed by atoms with E-state index in [0.29, 0.717) is 5.56 Å². The Bertz CT molecular complexity index is 501. The Morgan fingerprint density at radius 1 is 1.32 bits per heavy atom. The van der Waals surface area contributed by atoms with Gasteiger partial charge in [0.15, 0.2) is 0 Å². The minimum absolute atomic E-state index is 0.348. The summed E-state index contributed by atoms with van der Waals surface area (Å²) < 4.78 is 0.754. The van der Waals surface area contributed by atoms with Gasteiger partial charge in [0, 0.05) is 9.40 Å². The molecule has 0 heterocycles. The molecular formula is C13H14BrNO4. The minimum Gasteiger partial charge on any atom is -0.299 e. The summed E-state index contributed by atoms with van der Waals surface area (Å²) in [5.41, 5.74) is 0.612. The van der Waals surface area contributed by atoms with E-state index >= 15 is 0 Å². The molecule has 0 aliphatic carbocycles. The lowest BCUT2D eigenvalue weighted by molar-refractivity contribution is -0.484. The van der Waals surface area contributed by atoms with Crippen LogP contribution in [0.2, 0.25) is 0 Å². The topological polar surface area (TPSA) is 77.3 Å². The fourth-order valence-electron chi connectivity index (χ4n) is 2.15. The third-order valence-corrected chi connectivity index (χ3v) is 3.39. The first kappa shape index (κ1) is 15.5. The van der Waals surface area contributed by atoms with Crippen molar-refractivity contribution in [3.05, 3.63) is 44.4 Å². The standard InChI is InChI=1S/C13H14BrNO4/c1-8(16)13(9(2)17)12(7-15(18)19)10-4-3-5-11(14)6-10/h3-6,12-13H,7H2,1-2H3/t12-/m0/s1. The summed E-state index contributed by atoms with van der Waals surface area (Å²) in [6.07, 6.45) is 0. The lowest BCUT2D eigenvalue weighted by Gasteiger charge is -2.20. The molecule has 19 heavy (non-hydrogen) atoms. The number of carbonyl (C=O) groups excluding carboxylic acids is 2. The largest absolute Gasteiger partial charge is 0.299 e. The van der Waals surface area contributed by atoms with Crippen LogP contribution in [0.1, 0.15) is 25.3 Å². The number of carbonyl (C=O) groups is 2. The Labute approximate surface area is 119 Å². The van der Waals surface area contributed by atoms with Crippen molar-refractivity contribution in [1.82, 2.24) is 0 Å². The molecule has 0 bridgehead atoms. The van der Waals surface area contributed by atoms with E-state index in [-0.39, 0.29) is 11.6 Å². The molecule has 0 saturated carbocycles. The molecule has 6 heteroatoms. The molecule has 0 fully saturated rings. The van der Waals surface area contributed by atoms with Crippen molar-refractivity contribution in [1.29, 1.82) is 0 Å². The number of benzene rings is 1. The first-order valence-electron chi connectivity index (χ1n) is 5.71. The van der Waals surface area contributed by atoms with Crippen molar-refractivity contribution < 1.29 is 14.5 Å². The van der Waals surface area contributed by atoms with Crippen LogP contribution in [0.25, 0.3) is 0 Å². The van der Waals surface area contributed by atoms with Crippen LogP contribution in [0.5, 0.6) is 0 Å². The zero-order valence-corrected chi connectivity index (χ0v) is 12.2. The van der Waals surface area contributed by atoms with Crippen molar-refractivity contribution in [3.8, 4) is 0 Å². The highest BCUT2D eigenvalue weighted by Crippen LogP contribution is 2.28. The normalized spacial score (nSPS) is 12.2. The van der Waals surface area contributed by atoms with Crippen LogP contribution in [-0.4, -0.2) is 23.0 Å². The van der Waals surface area contributed by atoms with Gasteiger partial charge in [-0.05, 0) is 31.5 Å². The highest BCUT2D eigenvalue weighted by Gasteiger charge is 2.34. The maximum Gasteiger partial charge on any atom is 0.211 e. The molecule has 0 unspecified atom stereocenters. The molecule has 0 N–H and O–H groups in total. The maximum absolute atomic E-state index is 11.6. The van der Waals surface area contributed by atoms with Gasteiger partial charge in [-0.2, -0.15) is 0 Å². The van der Waals surface area contributed by atoms with Gasteiger partial charge in [-0.1, -0.05) is 28.1 Å². The lowest BCUT2D eigenvalue weighted by atomic mass is 9.81. The Balaban J connectivity index is 3.23. The number of rotatable bonds is 6. The summed E-state index contributed by atoms with van der Waals surface area (Å²) in [7, 11) is 0. The molecular weight excluding hydrogens is 314 g/mol. The predicted molar refractivity (Wildman–Crippen MR) is 73.6 cm³/mol. The van der Waals surface area contributed by atoms with Crippen molar-refractivity contribution >= 4 is 27.5 Å². The van der Waals surface area contributed by atoms with E-state index in [1.165, 1.54) is 13.8 Å². The molecule has 5 nitrogen and oxygen atoms in total. The van der Waals surface area contributed by atoms with E-state index in [2.05, 4.69) is 15.9 Å². The lowest BCUT2D eigenvalue weighted by Crippen LogP contribution is -2.31. The first-order chi connectivity index (χ1) is 8.82. The zero-order chi connectivity index (χ0) is 14.6. The third-order valence-electron chi connectivity index (χ3n) is 2.90. The molecule has 1 rings (SSSR count). The van der Waals surface area contributed by atoms with E-state index in [9.17, 15) is 19.7 Å². The van der Waals surface area contributed by atoms with Gasteiger partial charge in [-0.15, -0.1) is 0 Å². The number of Topliss-reactive ketones (excluding diaryl/α,β-unsaturated/α-hetero) is 2. The fraction of sp³-hybridized carbons (Fsp3) is 0.385. The average molecular weight is 328 g/mol. The van der Waals surface area contributed by atoms with Gasteiger partial charge in [-0.25, -0.2) is 0 Å². The first-order valence-corrected chi connectivity index (χ1v) is 6.50. The number of nitro groups is 1. The molecule has 0 aliphatic rings. The van der Waals surface area contributed by atoms with E-state index in [1.54, 1.807) is 24.3 Å². The third kappa shape index (κ3) is 4.24. The van der Waals surface area contributed by atoms with Crippen LogP contribution in [0.3, 0.4) is 0 Å². The van der Waals surface area contributed by atoms with Crippen molar-refractivity contribution in [2.45, 2.75) is 19.8 Å².